The zero-order chi connectivity index (χ0) is 20.0. The zero-order valence-electron chi connectivity index (χ0n) is 16.4. The molecule has 0 aliphatic carbocycles. The van der Waals surface area contributed by atoms with Gasteiger partial charge in [-0.25, -0.2) is 8.42 Å². The molecule has 0 spiro atoms. The second-order valence-corrected chi connectivity index (χ2v) is 9.00. The predicted octanol–water partition coefficient (Wildman–Crippen LogP) is 3.85. The van der Waals surface area contributed by atoms with Gasteiger partial charge in [-0.05, 0) is 49.1 Å². The molecule has 1 heterocycles. The van der Waals surface area contributed by atoms with E-state index in [0.29, 0.717) is 18.8 Å². The fourth-order valence-corrected chi connectivity index (χ4v) is 4.91. The number of aryl methyl sites for hydroxylation is 1. The maximum absolute atomic E-state index is 13.3. The Hall–Kier alpha value is -2.34. The van der Waals surface area contributed by atoms with Gasteiger partial charge in [-0.15, -0.1) is 0 Å². The zero-order valence-corrected chi connectivity index (χ0v) is 17.2. The maximum atomic E-state index is 13.3. The molecule has 0 unspecified atom stereocenters. The van der Waals surface area contributed by atoms with Gasteiger partial charge in [0.15, 0.2) is 0 Å². The van der Waals surface area contributed by atoms with Crippen LogP contribution >= 0.6 is 0 Å². The molecule has 2 aromatic carbocycles. The van der Waals surface area contributed by atoms with E-state index in [-0.39, 0.29) is 17.3 Å². The lowest BCUT2D eigenvalue weighted by molar-refractivity contribution is -0.129. The van der Waals surface area contributed by atoms with Crippen LogP contribution in [0.25, 0.3) is 0 Å². The monoisotopic (exact) mass is 400 g/mol. The first-order valence-electron chi connectivity index (χ1n) is 9.97. The lowest BCUT2D eigenvalue weighted by Gasteiger charge is -2.28. The van der Waals surface area contributed by atoms with Crippen molar-refractivity contribution in [2.75, 3.05) is 23.9 Å². The normalized spacial score (nSPS) is 15.1. The summed E-state index contributed by atoms with van der Waals surface area (Å²) in [7, 11) is -3.83. The van der Waals surface area contributed by atoms with Gasteiger partial charge in [-0.1, -0.05) is 50.1 Å². The second-order valence-electron chi connectivity index (χ2n) is 7.14. The van der Waals surface area contributed by atoms with Gasteiger partial charge in [0.05, 0.1) is 10.6 Å². The average Bonchev–Trinajstić information content (AvgIpc) is 3.02. The van der Waals surface area contributed by atoms with Crippen LogP contribution in [0.3, 0.4) is 0 Å². The summed E-state index contributed by atoms with van der Waals surface area (Å²) in [5, 5.41) is 0. The molecule has 0 aromatic heterocycles. The molecular formula is C22H28N2O3S. The number of carbonyl (C=O) groups excluding carboxylic acids is 1. The van der Waals surface area contributed by atoms with Crippen LogP contribution in [0, 0.1) is 0 Å². The Bertz CT molecular complexity index is 872. The first-order valence-corrected chi connectivity index (χ1v) is 11.4. The summed E-state index contributed by atoms with van der Waals surface area (Å²) in [5.74, 6) is -0.138. The minimum Gasteiger partial charge on any atom is -0.341 e. The first kappa shape index (κ1) is 20.4. The average molecular weight is 401 g/mol. The van der Waals surface area contributed by atoms with E-state index in [9.17, 15) is 13.2 Å². The molecular weight excluding hydrogens is 372 g/mol. The molecule has 6 heteroatoms. The van der Waals surface area contributed by atoms with E-state index < -0.39 is 10.0 Å². The van der Waals surface area contributed by atoms with Crippen LogP contribution < -0.4 is 4.31 Å². The molecule has 0 saturated carbocycles. The molecule has 2 aromatic rings. The molecule has 150 valence electrons. The molecule has 3 rings (SSSR count). The van der Waals surface area contributed by atoms with E-state index >= 15 is 0 Å². The lowest BCUT2D eigenvalue weighted by Crippen LogP contribution is -2.43. The van der Waals surface area contributed by atoms with E-state index in [0.717, 1.165) is 37.7 Å². The van der Waals surface area contributed by atoms with Crippen LogP contribution in [0.1, 0.15) is 38.2 Å². The van der Waals surface area contributed by atoms with Gasteiger partial charge in [0.25, 0.3) is 10.0 Å². The molecule has 1 saturated heterocycles. The minimum absolute atomic E-state index is 0.138. The first-order chi connectivity index (χ1) is 13.5. The van der Waals surface area contributed by atoms with Crippen LogP contribution in [0.5, 0.6) is 0 Å². The third-order valence-electron chi connectivity index (χ3n) is 5.20. The van der Waals surface area contributed by atoms with Gasteiger partial charge >= 0.3 is 0 Å². The fraction of sp³-hybridized carbons (Fsp3) is 0.409. The molecule has 28 heavy (non-hydrogen) atoms. The van der Waals surface area contributed by atoms with E-state index in [1.54, 1.807) is 47.4 Å². The Morgan fingerprint density at radius 3 is 2.11 bits per heavy atom. The number of hydrogen-bond acceptors (Lipinski definition) is 3. The molecule has 1 aliphatic heterocycles. The Morgan fingerprint density at radius 1 is 0.929 bits per heavy atom. The van der Waals surface area contributed by atoms with Crippen LogP contribution in [-0.2, 0) is 21.2 Å². The summed E-state index contributed by atoms with van der Waals surface area (Å²) >= 11 is 0. The topological polar surface area (TPSA) is 57.7 Å². The number of likely N-dealkylation sites (tertiary alicyclic amines) is 1. The summed E-state index contributed by atoms with van der Waals surface area (Å²) in [6.07, 6.45) is 5.06. The fourth-order valence-electron chi connectivity index (χ4n) is 3.48. The summed E-state index contributed by atoms with van der Waals surface area (Å²) in [6.45, 7) is 3.28. The van der Waals surface area contributed by atoms with Gasteiger partial charge in [-0.2, -0.15) is 0 Å². The number of amides is 1. The number of sulfonamides is 1. The quantitative estimate of drug-likeness (QED) is 0.740. The van der Waals surface area contributed by atoms with Crippen molar-refractivity contribution in [3.8, 4) is 0 Å². The highest BCUT2D eigenvalue weighted by atomic mass is 32.2. The Labute approximate surface area is 168 Å². The van der Waals surface area contributed by atoms with Crippen molar-refractivity contribution in [3.05, 3.63) is 60.2 Å². The smallest absolute Gasteiger partial charge is 0.264 e. The van der Waals surface area contributed by atoms with E-state index in [2.05, 4.69) is 6.92 Å². The molecule has 0 bridgehead atoms. The largest absolute Gasteiger partial charge is 0.341 e. The second kappa shape index (κ2) is 9.24. The summed E-state index contributed by atoms with van der Waals surface area (Å²) in [5.41, 5.74) is 1.64. The summed E-state index contributed by atoms with van der Waals surface area (Å²) < 4.78 is 27.9. The Kier molecular flexibility index (Phi) is 6.73. The number of carbonyl (C=O) groups is 1. The third kappa shape index (κ3) is 4.73. The van der Waals surface area contributed by atoms with Crippen LogP contribution in [0.15, 0.2) is 59.5 Å². The van der Waals surface area contributed by atoms with Gasteiger partial charge in [-0.3, -0.25) is 9.10 Å². The minimum atomic E-state index is -3.83. The van der Waals surface area contributed by atoms with Crippen molar-refractivity contribution in [1.29, 1.82) is 0 Å². The van der Waals surface area contributed by atoms with Crippen LogP contribution in [-0.4, -0.2) is 38.9 Å². The van der Waals surface area contributed by atoms with Gasteiger partial charge < -0.3 is 4.90 Å². The standard InChI is InChI=1S/C22H28N2O3S/c1-2-19-12-14-20(15-13-19)24(28(26,27)21-10-6-5-7-11-21)18-22(25)23-16-8-3-4-9-17-23/h5-7,10-15H,2-4,8-9,16-18H2,1H3. The molecule has 0 N–H and O–H groups in total. The van der Waals surface area contributed by atoms with Crippen molar-refractivity contribution in [1.82, 2.24) is 4.90 Å². The summed E-state index contributed by atoms with van der Waals surface area (Å²) in [6, 6.07) is 15.7. The number of anilines is 1. The highest BCUT2D eigenvalue weighted by Crippen LogP contribution is 2.25. The van der Waals surface area contributed by atoms with Crippen molar-refractivity contribution in [3.63, 3.8) is 0 Å². The lowest BCUT2D eigenvalue weighted by atomic mass is 10.1. The van der Waals surface area contributed by atoms with Gasteiger partial charge in [0.2, 0.25) is 5.91 Å². The van der Waals surface area contributed by atoms with Gasteiger partial charge in [0.1, 0.15) is 6.54 Å². The van der Waals surface area contributed by atoms with E-state index in [1.807, 2.05) is 12.1 Å². The molecule has 0 atom stereocenters. The highest BCUT2D eigenvalue weighted by molar-refractivity contribution is 7.92. The summed E-state index contributed by atoms with van der Waals surface area (Å²) in [4.78, 5) is 15.0. The molecule has 1 fully saturated rings. The van der Waals surface area contributed by atoms with E-state index in [1.165, 1.54) is 4.31 Å². The van der Waals surface area contributed by atoms with Crippen LogP contribution in [0.2, 0.25) is 0 Å². The number of hydrogen-bond donors (Lipinski definition) is 0. The van der Waals surface area contributed by atoms with Crippen LogP contribution in [0.4, 0.5) is 5.69 Å². The number of benzene rings is 2. The van der Waals surface area contributed by atoms with Gasteiger partial charge in [0, 0.05) is 13.1 Å². The molecule has 1 aliphatic rings. The van der Waals surface area contributed by atoms with Crippen molar-refractivity contribution in [2.24, 2.45) is 0 Å². The molecule has 5 nitrogen and oxygen atoms in total. The molecule has 0 radical (unpaired) electrons. The third-order valence-corrected chi connectivity index (χ3v) is 6.99. The predicted molar refractivity (Wildman–Crippen MR) is 112 cm³/mol. The molecule has 1 amide bonds. The van der Waals surface area contributed by atoms with E-state index in [4.69, 9.17) is 0 Å². The Morgan fingerprint density at radius 2 is 1.54 bits per heavy atom. The number of rotatable bonds is 6. The Balaban J connectivity index is 1.93. The van der Waals surface area contributed by atoms with Crippen molar-refractivity contribution in [2.45, 2.75) is 43.9 Å². The SMILES string of the molecule is CCc1ccc(N(CC(=O)N2CCCCCC2)S(=O)(=O)c2ccccc2)cc1. The van der Waals surface area contributed by atoms with Crippen molar-refractivity contribution >= 4 is 21.6 Å². The van der Waals surface area contributed by atoms with Crippen molar-refractivity contribution < 1.29 is 13.2 Å². The number of nitrogens with zero attached hydrogens (tertiary/aromatic N) is 2. The highest BCUT2D eigenvalue weighted by Gasteiger charge is 2.29. The maximum Gasteiger partial charge on any atom is 0.264 e.